The third-order valence-electron chi connectivity index (χ3n) is 5.46. The Morgan fingerprint density at radius 3 is 2.53 bits per heavy atom. The molecule has 0 fully saturated rings. The van der Waals surface area contributed by atoms with Gasteiger partial charge in [0.15, 0.2) is 10.9 Å². The number of fused-ring (bicyclic) bond motifs is 1. The first kappa shape index (κ1) is 23.6. The van der Waals surface area contributed by atoms with Crippen molar-refractivity contribution in [3.8, 4) is 16.3 Å². The SMILES string of the molecule is Cc1cc(-c2nn3c(C)nnc3s2)ccc1NC(=S)NC(=O)c1ccc(OCc2ccccc2)cc1. The van der Waals surface area contributed by atoms with Crippen molar-refractivity contribution >= 4 is 45.2 Å². The largest absolute Gasteiger partial charge is 0.489 e. The molecule has 5 aromatic rings. The molecule has 0 aliphatic heterocycles. The molecule has 2 heterocycles. The molecule has 0 aliphatic rings. The van der Waals surface area contributed by atoms with E-state index in [1.807, 2.05) is 62.4 Å². The summed E-state index contributed by atoms with van der Waals surface area (Å²) in [5.74, 6) is 1.14. The summed E-state index contributed by atoms with van der Waals surface area (Å²) >= 11 is 6.84. The maximum atomic E-state index is 12.6. The number of benzene rings is 3. The fourth-order valence-electron chi connectivity index (χ4n) is 3.54. The quantitative estimate of drug-likeness (QED) is 0.302. The van der Waals surface area contributed by atoms with Gasteiger partial charge in [0.2, 0.25) is 4.96 Å². The molecule has 5 rings (SSSR count). The summed E-state index contributed by atoms with van der Waals surface area (Å²) in [6.07, 6.45) is 0. The summed E-state index contributed by atoms with van der Waals surface area (Å²) in [4.78, 5) is 13.4. The Balaban J connectivity index is 1.18. The summed E-state index contributed by atoms with van der Waals surface area (Å²) < 4.78 is 7.51. The highest BCUT2D eigenvalue weighted by atomic mass is 32.1. The summed E-state index contributed by atoms with van der Waals surface area (Å²) in [5.41, 5.74) is 4.29. The van der Waals surface area contributed by atoms with E-state index in [4.69, 9.17) is 17.0 Å². The van der Waals surface area contributed by atoms with Gasteiger partial charge in [-0.1, -0.05) is 41.7 Å². The first-order chi connectivity index (χ1) is 17.5. The van der Waals surface area contributed by atoms with Crippen molar-refractivity contribution in [3.63, 3.8) is 0 Å². The highest BCUT2D eigenvalue weighted by Gasteiger charge is 2.13. The van der Waals surface area contributed by atoms with E-state index in [0.717, 1.165) is 38.2 Å². The number of anilines is 1. The van der Waals surface area contributed by atoms with Gasteiger partial charge in [0.25, 0.3) is 5.91 Å². The standard InChI is InChI=1S/C26H22N6O2S2/c1-16-14-20(24-31-32-17(2)29-30-26(32)36-24)10-13-22(16)27-25(35)28-23(33)19-8-11-21(12-9-19)34-15-18-6-4-3-5-7-18/h3-14H,15H2,1-2H3,(H2,27,28,33,35). The van der Waals surface area contributed by atoms with Crippen LogP contribution in [0, 0.1) is 13.8 Å². The molecular formula is C26H22N6O2S2. The summed E-state index contributed by atoms with van der Waals surface area (Å²) in [6.45, 7) is 4.30. The summed E-state index contributed by atoms with van der Waals surface area (Å²) in [6, 6.07) is 22.7. The van der Waals surface area contributed by atoms with Gasteiger partial charge in [0, 0.05) is 16.8 Å². The third-order valence-corrected chi connectivity index (χ3v) is 6.61. The maximum Gasteiger partial charge on any atom is 0.257 e. The van der Waals surface area contributed by atoms with Crippen LogP contribution in [-0.2, 0) is 6.61 Å². The predicted molar refractivity (Wildman–Crippen MR) is 144 cm³/mol. The number of aromatic nitrogens is 4. The molecule has 0 bridgehead atoms. The van der Waals surface area contributed by atoms with Crippen LogP contribution in [0.3, 0.4) is 0 Å². The van der Waals surface area contributed by atoms with Crippen LogP contribution in [0.2, 0.25) is 0 Å². The Bertz CT molecular complexity index is 1540. The van der Waals surface area contributed by atoms with Crippen LogP contribution in [0.5, 0.6) is 5.75 Å². The molecule has 180 valence electrons. The van der Waals surface area contributed by atoms with Gasteiger partial charge < -0.3 is 10.1 Å². The predicted octanol–water partition coefficient (Wildman–Crippen LogP) is 5.18. The lowest BCUT2D eigenvalue weighted by atomic mass is 10.1. The van der Waals surface area contributed by atoms with E-state index in [0.29, 0.717) is 17.9 Å². The number of nitrogens with one attached hydrogen (secondary N) is 2. The minimum Gasteiger partial charge on any atom is -0.489 e. The van der Waals surface area contributed by atoms with Crippen molar-refractivity contribution in [3.05, 3.63) is 95.3 Å². The Morgan fingerprint density at radius 2 is 1.81 bits per heavy atom. The van der Waals surface area contributed by atoms with E-state index in [1.165, 1.54) is 11.3 Å². The fourth-order valence-corrected chi connectivity index (χ4v) is 4.62. The number of amides is 1. The molecular weight excluding hydrogens is 492 g/mol. The minimum atomic E-state index is -0.300. The molecule has 0 atom stereocenters. The topological polar surface area (TPSA) is 93.4 Å². The average molecular weight is 515 g/mol. The van der Waals surface area contributed by atoms with Gasteiger partial charge in [-0.15, -0.1) is 10.2 Å². The smallest absolute Gasteiger partial charge is 0.257 e. The molecule has 0 unspecified atom stereocenters. The zero-order valence-corrected chi connectivity index (χ0v) is 21.2. The number of ether oxygens (including phenoxy) is 1. The number of carbonyl (C=O) groups is 1. The number of thiocarbonyl (C=S) groups is 1. The molecule has 1 amide bonds. The number of aryl methyl sites for hydroxylation is 2. The number of hydrogen-bond acceptors (Lipinski definition) is 7. The molecule has 3 aromatic carbocycles. The van der Waals surface area contributed by atoms with Crippen molar-refractivity contribution < 1.29 is 9.53 Å². The van der Waals surface area contributed by atoms with Gasteiger partial charge in [-0.3, -0.25) is 10.1 Å². The molecule has 2 aromatic heterocycles. The van der Waals surface area contributed by atoms with E-state index < -0.39 is 0 Å². The van der Waals surface area contributed by atoms with Crippen LogP contribution in [-0.4, -0.2) is 30.8 Å². The van der Waals surface area contributed by atoms with Crippen LogP contribution in [0.15, 0.2) is 72.8 Å². The number of hydrogen-bond donors (Lipinski definition) is 2. The van der Waals surface area contributed by atoms with E-state index in [-0.39, 0.29) is 11.0 Å². The van der Waals surface area contributed by atoms with Gasteiger partial charge in [-0.2, -0.15) is 9.61 Å². The minimum absolute atomic E-state index is 0.217. The molecule has 0 radical (unpaired) electrons. The molecule has 2 N–H and O–H groups in total. The number of carbonyl (C=O) groups excluding carboxylic acids is 1. The Morgan fingerprint density at radius 1 is 1.03 bits per heavy atom. The lowest BCUT2D eigenvalue weighted by molar-refractivity contribution is 0.0977. The monoisotopic (exact) mass is 514 g/mol. The average Bonchev–Trinajstić information content (AvgIpc) is 3.47. The lowest BCUT2D eigenvalue weighted by Crippen LogP contribution is -2.34. The second-order valence-electron chi connectivity index (χ2n) is 8.09. The molecule has 0 saturated carbocycles. The van der Waals surface area contributed by atoms with Gasteiger partial charge in [0.1, 0.15) is 17.4 Å². The van der Waals surface area contributed by atoms with Crippen LogP contribution >= 0.6 is 23.6 Å². The third kappa shape index (κ3) is 5.24. The molecule has 0 saturated heterocycles. The van der Waals surface area contributed by atoms with E-state index >= 15 is 0 Å². The van der Waals surface area contributed by atoms with E-state index in [2.05, 4.69) is 25.9 Å². The molecule has 10 heteroatoms. The first-order valence-corrected chi connectivity index (χ1v) is 12.4. The molecule has 8 nitrogen and oxygen atoms in total. The second kappa shape index (κ2) is 10.2. The van der Waals surface area contributed by atoms with Crippen molar-refractivity contribution in [2.45, 2.75) is 20.5 Å². The molecule has 0 aliphatic carbocycles. The van der Waals surface area contributed by atoms with E-state index in [1.54, 1.807) is 28.8 Å². The summed E-state index contributed by atoms with van der Waals surface area (Å²) in [7, 11) is 0. The number of rotatable bonds is 6. The zero-order chi connectivity index (χ0) is 25.1. The lowest BCUT2D eigenvalue weighted by Gasteiger charge is -2.13. The van der Waals surface area contributed by atoms with Crippen molar-refractivity contribution in [1.82, 2.24) is 25.1 Å². The molecule has 36 heavy (non-hydrogen) atoms. The van der Waals surface area contributed by atoms with Crippen LogP contribution < -0.4 is 15.4 Å². The highest BCUT2D eigenvalue weighted by Crippen LogP contribution is 2.28. The number of nitrogens with zero attached hydrogens (tertiary/aromatic N) is 4. The van der Waals surface area contributed by atoms with Gasteiger partial charge in [-0.25, -0.2) is 0 Å². The van der Waals surface area contributed by atoms with Crippen LogP contribution in [0.4, 0.5) is 5.69 Å². The van der Waals surface area contributed by atoms with Crippen LogP contribution in [0.25, 0.3) is 15.5 Å². The fraction of sp³-hybridized carbons (Fsp3) is 0.115. The molecule has 0 spiro atoms. The summed E-state index contributed by atoms with van der Waals surface area (Å²) in [5, 5.41) is 19.6. The van der Waals surface area contributed by atoms with Crippen molar-refractivity contribution in [2.75, 3.05) is 5.32 Å². The maximum absolute atomic E-state index is 12.6. The Kier molecular flexibility index (Phi) is 6.70. The Hall–Kier alpha value is -4.15. The van der Waals surface area contributed by atoms with Gasteiger partial charge in [-0.05, 0) is 79.7 Å². The van der Waals surface area contributed by atoms with Crippen molar-refractivity contribution in [2.24, 2.45) is 0 Å². The van der Waals surface area contributed by atoms with Gasteiger partial charge in [0.05, 0.1) is 0 Å². The normalized spacial score (nSPS) is 10.8. The second-order valence-corrected chi connectivity index (χ2v) is 9.45. The van der Waals surface area contributed by atoms with Crippen LogP contribution in [0.1, 0.15) is 27.3 Å². The highest BCUT2D eigenvalue weighted by molar-refractivity contribution is 7.80. The zero-order valence-electron chi connectivity index (χ0n) is 19.6. The van der Waals surface area contributed by atoms with E-state index in [9.17, 15) is 4.79 Å². The Labute approximate surface area is 217 Å². The van der Waals surface area contributed by atoms with Crippen molar-refractivity contribution in [1.29, 1.82) is 0 Å². The van der Waals surface area contributed by atoms with Gasteiger partial charge >= 0.3 is 0 Å². The first-order valence-electron chi connectivity index (χ1n) is 11.2.